The van der Waals surface area contributed by atoms with E-state index in [-0.39, 0.29) is 16.4 Å². The number of nitro groups is 1. The number of phenols is 1. The Morgan fingerprint density at radius 1 is 1.44 bits per heavy atom. The Kier molecular flexibility index (Phi) is 5.36. The highest BCUT2D eigenvalue weighted by Gasteiger charge is 2.15. The standard InChI is InChI=1S/C14H19NO3/c1-3-4-11(2)9-13(15(17)18)10-12-5-7-14(16)8-6-12/h5-8,10-11,16H,3-4,9H2,1-2H3/b13-10+. The molecule has 0 aliphatic carbocycles. The first-order valence-corrected chi connectivity index (χ1v) is 6.17. The molecule has 0 spiro atoms. The van der Waals surface area contributed by atoms with E-state index in [2.05, 4.69) is 6.92 Å². The Labute approximate surface area is 107 Å². The quantitative estimate of drug-likeness (QED) is 0.615. The third kappa shape index (κ3) is 4.57. The van der Waals surface area contributed by atoms with Gasteiger partial charge in [-0.15, -0.1) is 0 Å². The third-order valence-electron chi connectivity index (χ3n) is 2.80. The lowest BCUT2D eigenvalue weighted by atomic mass is 9.99. The van der Waals surface area contributed by atoms with E-state index in [9.17, 15) is 10.1 Å². The van der Waals surface area contributed by atoms with E-state index < -0.39 is 0 Å². The monoisotopic (exact) mass is 249 g/mol. The lowest BCUT2D eigenvalue weighted by molar-refractivity contribution is -0.427. The van der Waals surface area contributed by atoms with Crippen molar-refractivity contribution < 1.29 is 10.0 Å². The Hall–Kier alpha value is -1.84. The average Bonchev–Trinajstić information content (AvgIpc) is 2.31. The second-order valence-electron chi connectivity index (χ2n) is 4.58. The first-order valence-electron chi connectivity index (χ1n) is 6.17. The lowest BCUT2D eigenvalue weighted by Crippen LogP contribution is -2.04. The minimum absolute atomic E-state index is 0.161. The van der Waals surface area contributed by atoms with Gasteiger partial charge in [0.05, 0.1) is 4.92 Å². The minimum atomic E-state index is -0.320. The first kappa shape index (κ1) is 14.2. The van der Waals surface area contributed by atoms with E-state index in [1.165, 1.54) is 12.1 Å². The zero-order valence-electron chi connectivity index (χ0n) is 10.8. The summed E-state index contributed by atoms with van der Waals surface area (Å²) in [5, 5.41) is 20.2. The van der Waals surface area contributed by atoms with Gasteiger partial charge in [0.2, 0.25) is 5.70 Å². The Morgan fingerprint density at radius 3 is 2.56 bits per heavy atom. The van der Waals surface area contributed by atoms with Gasteiger partial charge >= 0.3 is 0 Å². The van der Waals surface area contributed by atoms with Crippen LogP contribution in [0.1, 0.15) is 38.7 Å². The van der Waals surface area contributed by atoms with Gasteiger partial charge in [-0.3, -0.25) is 10.1 Å². The first-order chi connectivity index (χ1) is 8.52. The molecule has 1 N–H and O–H groups in total. The van der Waals surface area contributed by atoms with Gasteiger partial charge in [-0.1, -0.05) is 38.8 Å². The van der Waals surface area contributed by atoms with E-state index in [4.69, 9.17) is 5.11 Å². The van der Waals surface area contributed by atoms with Crippen molar-refractivity contribution in [2.45, 2.75) is 33.1 Å². The fourth-order valence-corrected chi connectivity index (χ4v) is 1.90. The molecule has 1 aromatic rings. The molecule has 18 heavy (non-hydrogen) atoms. The topological polar surface area (TPSA) is 63.4 Å². The van der Waals surface area contributed by atoms with Gasteiger partial charge in [-0.05, 0) is 23.6 Å². The molecule has 0 heterocycles. The smallest absolute Gasteiger partial charge is 0.247 e. The number of rotatable bonds is 6. The molecule has 1 unspecified atom stereocenters. The summed E-state index contributed by atoms with van der Waals surface area (Å²) in [6.07, 6.45) is 4.07. The maximum atomic E-state index is 11.0. The molecule has 1 atom stereocenters. The molecular weight excluding hydrogens is 230 g/mol. The van der Waals surface area contributed by atoms with Crippen LogP contribution in [0.4, 0.5) is 0 Å². The highest BCUT2D eigenvalue weighted by atomic mass is 16.6. The summed E-state index contributed by atoms with van der Waals surface area (Å²) in [4.78, 5) is 10.7. The van der Waals surface area contributed by atoms with Crippen LogP contribution < -0.4 is 0 Å². The maximum absolute atomic E-state index is 11.0. The van der Waals surface area contributed by atoms with Gasteiger partial charge in [0.15, 0.2) is 0 Å². The lowest BCUT2D eigenvalue weighted by Gasteiger charge is -2.07. The zero-order valence-corrected chi connectivity index (χ0v) is 10.8. The molecule has 4 heteroatoms. The van der Waals surface area contributed by atoms with Crippen molar-refractivity contribution >= 4 is 6.08 Å². The SMILES string of the molecule is CCCC(C)C/C(=C\c1ccc(O)cc1)[N+](=O)[O-]. The third-order valence-corrected chi connectivity index (χ3v) is 2.80. The van der Waals surface area contributed by atoms with Crippen molar-refractivity contribution in [1.29, 1.82) is 0 Å². The van der Waals surface area contributed by atoms with Crippen LogP contribution in [0.25, 0.3) is 6.08 Å². The van der Waals surface area contributed by atoms with Gasteiger partial charge in [-0.25, -0.2) is 0 Å². The molecule has 0 aromatic heterocycles. The minimum Gasteiger partial charge on any atom is -0.508 e. The van der Waals surface area contributed by atoms with Crippen molar-refractivity contribution in [2.75, 3.05) is 0 Å². The van der Waals surface area contributed by atoms with Crippen LogP contribution in [-0.4, -0.2) is 10.0 Å². The summed E-state index contributed by atoms with van der Waals surface area (Å²) in [5.74, 6) is 0.470. The van der Waals surface area contributed by atoms with Crippen molar-refractivity contribution in [3.05, 3.63) is 45.6 Å². The number of nitrogens with zero attached hydrogens (tertiary/aromatic N) is 1. The van der Waals surface area contributed by atoms with Gasteiger partial charge < -0.3 is 5.11 Å². The molecular formula is C14H19NO3. The van der Waals surface area contributed by atoms with Gasteiger partial charge in [0.1, 0.15) is 5.75 Å². The molecule has 98 valence electrons. The number of phenolic OH excluding ortho intramolecular Hbond substituents is 1. The maximum Gasteiger partial charge on any atom is 0.247 e. The number of aromatic hydroxyl groups is 1. The summed E-state index contributed by atoms with van der Waals surface area (Å²) in [6, 6.07) is 6.39. The Morgan fingerprint density at radius 2 is 2.06 bits per heavy atom. The van der Waals surface area contributed by atoms with Crippen molar-refractivity contribution in [2.24, 2.45) is 5.92 Å². The molecule has 1 aromatic carbocycles. The number of benzene rings is 1. The summed E-state index contributed by atoms with van der Waals surface area (Å²) >= 11 is 0. The Bertz CT molecular complexity index is 423. The summed E-state index contributed by atoms with van der Waals surface area (Å²) in [5.41, 5.74) is 0.963. The predicted molar refractivity (Wildman–Crippen MR) is 71.8 cm³/mol. The van der Waals surface area contributed by atoms with Crippen LogP contribution in [0.2, 0.25) is 0 Å². The molecule has 4 nitrogen and oxygen atoms in total. The molecule has 0 saturated heterocycles. The van der Waals surface area contributed by atoms with Crippen LogP contribution in [0.3, 0.4) is 0 Å². The highest BCUT2D eigenvalue weighted by Crippen LogP contribution is 2.20. The molecule has 0 fully saturated rings. The molecule has 0 bridgehead atoms. The Balaban J connectivity index is 2.84. The number of allylic oxidation sites excluding steroid dienone is 1. The van der Waals surface area contributed by atoms with Crippen molar-refractivity contribution in [3.63, 3.8) is 0 Å². The number of hydrogen-bond donors (Lipinski definition) is 1. The summed E-state index contributed by atoms with van der Waals surface area (Å²) < 4.78 is 0. The molecule has 0 amide bonds. The van der Waals surface area contributed by atoms with E-state index in [1.54, 1.807) is 18.2 Å². The zero-order chi connectivity index (χ0) is 13.5. The largest absolute Gasteiger partial charge is 0.508 e. The van der Waals surface area contributed by atoms with Gasteiger partial charge in [0.25, 0.3) is 0 Å². The van der Waals surface area contributed by atoms with Crippen molar-refractivity contribution in [1.82, 2.24) is 0 Å². The predicted octanol–water partition coefficient (Wildman–Crippen LogP) is 3.84. The molecule has 0 radical (unpaired) electrons. The van der Waals surface area contributed by atoms with Crippen LogP contribution in [-0.2, 0) is 0 Å². The molecule has 0 aliphatic heterocycles. The van der Waals surface area contributed by atoms with Gasteiger partial charge in [-0.2, -0.15) is 0 Å². The normalized spacial score (nSPS) is 13.3. The summed E-state index contributed by atoms with van der Waals surface area (Å²) in [7, 11) is 0. The summed E-state index contributed by atoms with van der Waals surface area (Å²) in [6.45, 7) is 4.10. The number of hydrogen-bond acceptors (Lipinski definition) is 3. The van der Waals surface area contributed by atoms with Crippen LogP contribution in [0, 0.1) is 16.0 Å². The fourth-order valence-electron chi connectivity index (χ4n) is 1.90. The van der Waals surface area contributed by atoms with Gasteiger partial charge in [0, 0.05) is 12.5 Å². The van der Waals surface area contributed by atoms with Crippen LogP contribution in [0.5, 0.6) is 5.75 Å². The van der Waals surface area contributed by atoms with Crippen molar-refractivity contribution in [3.8, 4) is 5.75 Å². The highest BCUT2D eigenvalue weighted by molar-refractivity contribution is 5.52. The average molecular weight is 249 g/mol. The van der Waals surface area contributed by atoms with E-state index in [0.717, 1.165) is 18.4 Å². The van der Waals surface area contributed by atoms with E-state index in [0.29, 0.717) is 12.3 Å². The second-order valence-corrected chi connectivity index (χ2v) is 4.58. The van der Waals surface area contributed by atoms with E-state index in [1.807, 2.05) is 6.92 Å². The fraction of sp³-hybridized carbons (Fsp3) is 0.429. The molecule has 1 rings (SSSR count). The van der Waals surface area contributed by atoms with Crippen LogP contribution >= 0.6 is 0 Å². The van der Waals surface area contributed by atoms with E-state index >= 15 is 0 Å². The molecule has 0 aliphatic rings. The molecule has 0 saturated carbocycles. The van der Waals surface area contributed by atoms with Crippen LogP contribution in [0.15, 0.2) is 30.0 Å². The second kappa shape index (κ2) is 6.79.